The van der Waals surface area contributed by atoms with Crippen molar-refractivity contribution in [1.82, 2.24) is 15.0 Å². The van der Waals surface area contributed by atoms with Gasteiger partial charge in [-0.15, -0.1) is 0 Å². The molecule has 8 heteroatoms. The Hall–Kier alpha value is -2.64. The number of hydrogen-bond donors (Lipinski definition) is 3. The molecular formula is C9H7N3O5. The molecule has 0 amide bonds. The van der Waals surface area contributed by atoms with Gasteiger partial charge in [-0.1, -0.05) is 0 Å². The van der Waals surface area contributed by atoms with Crippen molar-refractivity contribution >= 4 is 17.0 Å². The maximum atomic E-state index is 11.5. The molecule has 0 fully saturated rings. The summed E-state index contributed by atoms with van der Waals surface area (Å²) in [5, 5.41) is -0.129. The average molecular weight is 237 g/mol. The number of hydrogen-bond acceptors (Lipinski definition) is 5. The highest BCUT2D eigenvalue weighted by atomic mass is 16.5. The lowest BCUT2D eigenvalue weighted by Crippen LogP contribution is -2.26. The van der Waals surface area contributed by atoms with E-state index in [1.807, 2.05) is 4.98 Å². The number of aromatic amines is 3. The number of ether oxygens (including phenoxy) is 1. The molecule has 0 aliphatic rings. The van der Waals surface area contributed by atoms with Gasteiger partial charge < -0.3 is 9.72 Å². The third-order valence-corrected chi connectivity index (χ3v) is 2.14. The van der Waals surface area contributed by atoms with E-state index >= 15 is 0 Å². The summed E-state index contributed by atoms with van der Waals surface area (Å²) in [6.07, 6.45) is 0. The van der Waals surface area contributed by atoms with E-state index in [1.54, 1.807) is 0 Å². The second-order valence-electron chi connectivity index (χ2n) is 3.20. The van der Waals surface area contributed by atoms with Gasteiger partial charge in [0.05, 0.1) is 18.1 Å². The number of H-pyrrole nitrogens is 3. The molecule has 0 radical (unpaired) electrons. The van der Waals surface area contributed by atoms with Crippen molar-refractivity contribution in [2.45, 2.75) is 0 Å². The smallest absolute Gasteiger partial charge is 0.339 e. The number of methoxy groups -OCH3 is 1. The first-order chi connectivity index (χ1) is 8.02. The van der Waals surface area contributed by atoms with Crippen LogP contribution in [0.4, 0.5) is 0 Å². The number of rotatable bonds is 1. The second kappa shape index (κ2) is 3.74. The standard InChI is InChI=1S/C9H7N3O5/c1-17-8(15)3-2-4(13)10-6-5(3)7(14)12-9(16)11-6/h2H,1H3,(H3,10,11,12,13,14,16). The summed E-state index contributed by atoms with van der Waals surface area (Å²) in [6.45, 7) is 0. The molecule has 0 spiro atoms. The van der Waals surface area contributed by atoms with Crippen LogP contribution in [0.5, 0.6) is 0 Å². The molecule has 88 valence electrons. The zero-order valence-electron chi connectivity index (χ0n) is 8.62. The van der Waals surface area contributed by atoms with Crippen LogP contribution in [0.1, 0.15) is 10.4 Å². The number of carbonyl (C=O) groups excluding carboxylic acids is 1. The molecule has 17 heavy (non-hydrogen) atoms. The lowest BCUT2D eigenvalue weighted by atomic mass is 10.2. The molecule has 2 aromatic heterocycles. The van der Waals surface area contributed by atoms with Gasteiger partial charge >= 0.3 is 11.7 Å². The van der Waals surface area contributed by atoms with E-state index in [0.29, 0.717) is 0 Å². The largest absolute Gasteiger partial charge is 0.465 e. The molecule has 0 bridgehead atoms. The summed E-state index contributed by atoms with van der Waals surface area (Å²) < 4.78 is 4.45. The minimum atomic E-state index is -0.835. The molecule has 0 saturated heterocycles. The number of carbonyl (C=O) groups is 1. The van der Waals surface area contributed by atoms with Crippen LogP contribution in [0.15, 0.2) is 20.4 Å². The summed E-state index contributed by atoms with van der Waals surface area (Å²) in [5.41, 5.74) is -2.50. The van der Waals surface area contributed by atoms with Gasteiger partial charge in [-0.2, -0.15) is 0 Å². The number of pyridine rings is 1. The lowest BCUT2D eigenvalue weighted by molar-refractivity contribution is 0.0602. The predicted molar refractivity (Wildman–Crippen MR) is 57.1 cm³/mol. The van der Waals surface area contributed by atoms with Crippen molar-refractivity contribution in [3.05, 3.63) is 42.8 Å². The highest BCUT2D eigenvalue weighted by molar-refractivity contribution is 6.01. The normalized spacial score (nSPS) is 10.4. The number of esters is 1. The number of nitrogens with one attached hydrogen (secondary N) is 3. The molecule has 0 unspecified atom stereocenters. The van der Waals surface area contributed by atoms with Crippen molar-refractivity contribution in [3.8, 4) is 0 Å². The Kier molecular flexibility index (Phi) is 2.39. The van der Waals surface area contributed by atoms with Gasteiger partial charge in [-0.05, 0) is 0 Å². The molecule has 0 aliphatic heterocycles. The fourth-order valence-electron chi connectivity index (χ4n) is 1.47. The van der Waals surface area contributed by atoms with Crippen molar-refractivity contribution < 1.29 is 9.53 Å². The van der Waals surface area contributed by atoms with Crippen LogP contribution in [0.2, 0.25) is 0 Å². The van der Waals surface area contributed by atoms with E-state index in [9.17, 15) is 19.2 Å². The predicted octanol–water partition coefficient (Wildman–Crippen LogP) is -1.31. The van der Waals surface area contributed by atoms with Crippen LogP contribution in [0.3, 0.4) is 0 Å². The maximum Gasteiger partial charge on any atom is 0.339 e. The first-order valence-corrected chi connectivity index (χ1v) is 4.51. The van der Waals surface area contributed by atoms with Crippen LogP contribution in [0.25, 0.3) is 11.0 Å². The zero-order valence-corrected chi connectivity index (χ0v) is 8.62. The van der Waals surface area contributed by atoms with E-state index in [0.717, 1.165) is 13.2 Å². The van der Waals surface area contributed by atoms with E-state index < -0.39 is 22.8 Å². The van der Waals surface area contributed by atoms with E-state index in [2.05, 4.69) is 14.7 Å². The SMILES string of the molecule is COC(=O)c1cc(=O)[nH]c2[nH]c(=O)[nH]c(=O)c12. The van der Waals surface area contributed by atoms with Crippen LogP contribution in [-0.4, -0.2) is 28.0 Å². The van der Waals surface area contributed by atoms with Crippen molar-refractivity contribution in [1.29, 1.82) is 0 Å². The molecule has 3 N–H and O–H groups in total. The summed E-state index contributed by atoms with van der Waals surface area (Å²) in [5.74, 6) is -0.835. The van der Waals surface area contributed by atoms with Gasteiger partial charge in [0.1, 0.15) is 5.65 Å². The Labute approximate surface area is 92.3 Å². The summed E-state index contributed by atoms with van der Waals surface area (Å²) in [4.78, 5) is 51.6. The molecule has 0 aliphatic carbocycles. The van der Waals surface area contributed by atoms with Gasteiger partial charge in [0, 0.05) is 6.07 Å². The fourth-order valence-corrected chi connectivity index (χ4v) is 1.47. The molecule has 0 saturated carbocycles. The van der Waals surface area contributed by atoms with E-state index in [1.165, 1.54) is 0 Å². The monoisotopic (exact) mass is 237 g/mol. The average Bonchev–Trinajstić information content (AvgIpc) is 2.25. The summed E-state index contributed by atoms with van der Waals surface area (Å²) in [7, 11) is 1.12. The van der Waals surface area contributed by atoms with Gasteiger partial charge in [0.2, 0.25) is 5.56 Å². The third kappa shape index (κ3) is 1.75. The van der Waals surface area contributed by atoms with Crippen LogP contribution in [0, 0.1) is 0 Å². The van der Waals surface area contributed by atoms with Crippen molar-refractivity contribution in [2.75, 3.05) is 7.11 Å². The topological polar surface area (TPSA) is 125 Å². The Bertz CT molecular complexity index is 761. The summed E-state index contributed by atoms with van der Waals surface area (Å²) in [6, 6.07) is 0.932. The molecule has 2 aromatic rings. The molecule has 2 rings (SSSR count). The van der Waals surface area contributed by atoms with Gasteiger partial charge in [-0.3, -0.25) is 19.6 Å². The lowest BCUT2D eigenvalue weighted by Gasteiger charge is -2.02. The number of fused-ring (bicyclic) bond motifs is 1. The minimum absolute atomic E-state index is 0.119. The first kappa shape index (κ1) is 10.9. The van der Waals surface area contributed by atoms with E-state index in [4.69, 9.17) is 0 Å². The Morgan fingerprint density at radius 3 is 2.53 bits per heavy atom. The van der Waals surface area contributed by atoms with Gasteiger partial charge in [0.15, 0.2) is 0 Å². The van der Waals surface area contributed by atoms with Gasteiger partial charge in [0.25, 0.3) is 5.56 Å². The van der Waals surface area contributed by atoms with Crippen molar-refractivity contribution in [3.63, 3.8) is 0 Å². The molecule has 0 atom stereocenters. The molecule has 2 heterocycles. The second-order valence-corrected chi connectivity index (χ2v) is 3.20. The quantitative estimate of drug-likeness (QED) is 0.531. The van der Waals surface area contributed by atoms with E-state index in [-0.39, 0.29) is 16.6 Å². The molecule has 8 nitrogen and oxygen atoms in total. The Morgan fingerprint density at radius 2 is 1.88 bits per heavy atom. The third-order valence-electron chi connectivity index (χ3n) is 2.14. The molecule has 0 aromatic carbocycles. The zero-order chi connectivity index (χ0) is 12.6. The van der Waals surface area contributed by atoms with Crippen molar-refractivity contribution in [2.24, 2.45) is 0 Å². The first-order valence-electron chi connectivity index (χ1n) is 4.51. The van der Waals surface area contributed by atoms with Crippen LogP contribution < -0.4 is 16.8 Å². The fraction of sp³-hybridized carbons (Fsp3) is 0.111. The Morgan fingerprint density at radius 1 is 1.18 bits per heavy atom. The molecular weight excluding hydrogens is 230 g/mol. The minimum Gasteiger partial charge on any atom is -0.465 e. The highest BCUT2D eigenvalue weighted by Gasteiger charge is 2.15. The maximum absolute atomic E-state index is 11.5. The highest BCUT2D eigenvalue weighted by Crippen LogP contribution is 2.07. The number of aromatic nitrogens is 3. The van der Waals surface area contributed by atoms with Crippen LogP contribution in [-0.2, 0) is 4.74 Å². The van der Waals surface area contributed by atoms with Crippen LogP contribution >= 0.6 is 0 Å². The van der Waals surface area contributed by atoms with Gasteiger partial charge in [-0.25, -0.2) is 9.59 Å². The summed E-state index contributed by atoms with van der Waals surface area (Å²) >= 11 is 0. The Balaban J connectivity index is 3.03.